The van der Waals surface area contributed by atoms with E-state index in [9.17, 15) is 13.2 Å². The Kier molecular flexibility index (Phi) is 6.10. The fourth-order valence-corrected chi connectivity index (χ4v) is 4.17. The highest BCUT2D eigenvalue weighted by Gasteiger charge is 2.26. The fraction of sp³-hybridized carbons (Fsp3) is 0.316. The van der Waals surface area contributed by atoms with Gasteiger partial charge in [0.05, 0.1) is 30.8 Å². The summed E-state index contributed by atoms with van der Waals surface area (Å²) in [4.78, 5) is 12.3. The van der Waals surface area contributed by atoms with Crippen molar-refractivity contribution >= 4 is 16.0 Å². The van der Waals surface area contributed by atoms with Gasteiger partial charge >= 0.3 is 5.97 Å². The van der Waals surface area contributed by atoms with Crippen LogP contribution in [-0.2, 0) is 26.1 Å². The van der Waals surface area contributed by atoms with E-state index in [1.165, 1.54) is 10.4 Å². The monoisotopic (exact) mass is 391 g/mol. The molecule has 0 aromatic heterocycles. The Balaban J connectivity index is 1.67. The quantitative estimate of drug-likeness (QED) is 0.701. The van der Waals surface area contributed by atoms with Crippen molar-refractivity contribution in [3.8, 4) is 5.75 Å². The Morgan fingerprint density at radius 1 is 1.11 bits per heavy atom. The molecule has 2 aromatic carbocycles. The first-order valence-electron chi connectivity index (χ1n) is 8.49. The van der Waals surface area contributed by atoms with Crippen LogP contribution in [0.2, 0.25) is 0 Å². The number of ether oxygens (including phenoxy) is 3. The van der Waals surface area contributed by atoms with Crippen LogP contribution in [0.1, 0.15) is 15.9 Å². The number of sulfonamides is 1. The predicted molar refractivity (Wildman–Crippen MR) is 98.1 cm³/mol. The zero-order valence-electron chi connectivity index (χ0n) is 15.0. The summed E-state index contributed by atoms with van der Waals surface area (Å²) in [5.74, 6) is 0.159. The van der Waals surface area contributed by atoms with Gasteiger partial charge in [0.25, 0.3) is 0 Å². The van der Waals surface area contributed by atoms with E-state index in [-0.39, 0.29) is 11.5 Å². The molecule has 0 amide bonds. The second-order valence-electron chi connectivity index (χ2n) is 5.97. The van der Waals surface area contributed by atoms with Crippen molar-refractivity contribution in [2.45, 2.75) is 11.5 Å². The first-order valence-corrected chi connectivity index (χ1v) is 9.93. The van der Waals surface area contributed by atoms with Crippen LogP contribution in [0.5, 0.6) is 5.75 Å². The summed E-state index contributed by atoms with van der Waals surface area (Å²) < 4.78 is 42.4. The summed E-state index contributed by atoms with van der Waals surface area (Å²) in [6, 6.07) is 13.0. The Bertz CT molecular complexity index is 889. The number of nitrogens with zero attached hydrogens (tertiary/aromatic N) is 1. The molecule has 0 N–H and O–H groups in total. The molecule has 0 spiro atoms. The second-order valence-corrected chi connectivity index (χ2v) is 7.91. The van der Waals surface area contributed by atoms with Gasteiger partial charge in [0, 0.05) is 13.1 Å². The molecule has 1 aliphatic heterocycles. The number of methoxy groups -OCH3 is 1. The van der Waals surface area contributed by atoms with Gasteiger partial charge in [-0.2, -0.15) is 4.31 Å². The molecule has 1 aliphatic rings. The first kappa shape index (κ1) is 19.3. The van der Waals surface area contributed by atoms with E-state index in [2.05, 4.69) is 0 Å². The van der Waals surface area contributed by atoms with Crippen molar-refractivity contribution in [1.82, 2.24) is 4.31 Å². The second kappa shape index (κ2) is 8.51. The number of hydrogen-bond donors (Lipinski definition) is 0. The van der Waals surface area contributed by atoms with Gasteiger partial charge in [0.1, 0.15) is 12.4 Å². The SMILES string of the molecule is COc1ccc(C(=O)OCc2cccc(S(=O)(=O)N3CCOCC3)c2)cc1. The minimum Gasteiger partial charge on any atom is -0.497 e. The van der Waals surface area contributed by atoms with Gasteiger partial charge in [-0.15, -0.1) is 0 Å². The van der Waals surface area contributed by atoms with Crippen LogP contribution < -0.4 is 4.74 Å². The van der Waals surface area contributed by atoms with Crippen molar-refractivity contribution in [3.05, 3.63) is 59.7 Å². The first-order chi connectivity index (χ1) is 13.0. The number of morpholine rings is 1. The minimum atomic E-state index is -3.58. The van der Waals surface area contributed by atoms with Gasteiger partial charge in [-0.25, -0.2) is 13.2 Å². The van der Waals surface area contributed by atoms with E-state index in [4.69, 9.17) is 14.2 Å². The van der Waals surface area contributed by atoms with E-state index in [1.54, 1.807) is 49.6 Å². The van der Waals surface area contributed by atoms with Crippen molar-refractivity contribution in [2.75, 3.05) is 33.4 Å². The van der Waals surface area contributed by atoms with Crippen molar-refractivity contribution in [2.24, 2.45) is 0 Å². The third-order valence-corrected chi connectivity index (χ3v) is 6.10. The van der Waals surface area contributed by atoms with Gasteiger partial charge in [0.2, 0.25) is 10.0 Å². The summed E-state index contributed by atoms with van der Waals surface area (Å²) in [7, 11) is -2.04. The van der Waals surface area contributed by atoms with E-state index < -0.39 is 16.0 Å². The molecule has 3 rings (SSSR count). The standard InChI is InChI=1S/C19H21NO6S/c1-24-17-7-5-16(6-8-17)19(21)26-14-15-3-2-4-18(13-15)27(22,23)20-9-11-25-12-10-20/h2-8,13H,9-12,14H2,1H3. The molecule has 0 radical (unpaired) electrons. The zero-order chi connectivity index (χ0) is 19.3. The molecule has 0 saturated carbocycles. The molecule has 0 aliphatic carbocycles. The van der Waals surface area contributed by atoms with Crippen LogP contribution in [0.25, 0.3) is 0 Å². The topological polar surface area (TPSA) is 82.1 Å². The Morgan fingerprint density at radius 3 is 2.48 bits per heavy atom. The fourth-order valence-electron chi connectivity index (χ4n) is 2.69. The molecule has 1 heterocycles. The van der Waals surface area contributed by atoms with Crippen LogP contribution in [-0.4, -0.2) is 52.1 Å². The van der Waals surface area contributed by atoms with Gasteiger partial charge in [-0.05, 0) is 42.0 Å². The largest absolute Gasteiger partial charge is 0.497 e. The Hall–Kier alpha value is -2.42. The normalized spacial score (nSPS) is 15.3. The van der Waals surface area contributed by atoms with Crippen LogP contribution in [0.3, 0.4) is 0 Å². The molecule has 0 bridgehead atoms. The molecule has 7 nitrogen and oxygen atoms in total. The minimum absolute atomic E-state index is 0.0165. The zero-order valence-corrected chi connectivity index (χ0v) is 15.8. The predicted octanol–water partition coefficient (Wildman–Crippen LogP) is 2.07. The third kappa shape index (κ3) is 4.65. The summed E-state index contributed by atoms with van der Waals surface area (Å²) >= 11 is 0. The Morgan fingerprint density at radius 2 is 1.81 bits per heavy atom. The van der Waals surface area contributed by atoms with E-state index in [0.29, 0.717) is 43.2 Å². The number of hydrogen-bond acceptors (Lipinski definition) is 6. The van der Waals surface area contributed by atoms with Crippen LogP contribution >= 0.6 is 0 Å². The molecule has 144 valence electrons. The maximum Gasteiger partial charge on any atom is 0.338 e. The number of benzene rings is 2. The van der Waals surface area contributed by atoms with E-state index in [1.807, 2.05) is 0 Å². The van der Waals surface area contributed by atoms with E-state index >= 15 is 0 Å². The molecule has 27 heavy (non-hydrogen) atoms. The average molecular weight is 391 g/mol. The number of esters is 1. The highest BCUT2D eigenvalue weighted by Crippen LogP contribution is 2.19. The molecular formula is C19H21NO6S. The molecule has 2 aromatic rings. The average Bonchev–Trinajstić information content (AvgIpc) is 2.73. The van der Waals surface area contributed by atoms with E-state index in [0.717, 1.165) is 0 Å². The number of carbonyl (C=O) groups is 1. The van der Waals surface area contributed by atoms with Gasteiger partial charge in [0.15, 0.2) is 0 Å². The highest BCUT2D eigenvalue weighted by molar-refractivity contribution is 7.89. The lowest BCUT2D eigenvalue weighted by Crippen LogP contribution is -2.40. The smallest absolute Gasteiger partial charge is 0.338 e. The third-order valence-electron chi connectivity index (χ3n) is 4.20. The molecule has 0 atom stereocenters. The molecule has 8 heteroatoms. The highest BCUT2D eigenvalue weighted by atomic mass is 32.2. The van der Waals surface area contributed by atoms with Crippen molar-refractivity contribution in [3.63, 3.8) is 0 Å². The summed E-state index contributed by atoms with van der Waals surface area (Å²) in [6.07, 6.45) is 0. The Labute approximate surface area is 158 Å². The van der Waals surface area contributed by atoms with Crippen LogP contribution in [0, 0.1) is 0 Å². The molecule has 1 saturated heterocycles. The molecular weight excluding hydrogens is 370 g/mol. The lowest BCUT2D eigenvalue weighted by Gasteiger charge is -2.26. The maximum atomic E-state index is 12.7. The number of carbonyl (C=O) groups excluding carboxylic acids is 1. The van der Waals surface area contributed by atoms with Crippen molar-refractivity contribution < 1.29 is 27.4 Å². The summed E-state index contributed by atoms with van der Waals surface area (Å²) in [6.45, 7) is 1.42. The van der Waals surface area contributed by atoms with Crippen LogP contribution in [0.4, 0.5) is 0 Å². The van der Waals surface area contributed by atoms with Gasteiger partial charge < -0.3 is 14.2 Å². The lowest BCUT2D eigenvalue weighted by atomic mass is 10.2. The molecule has 0 unspecified atom stereocenters. The number of rotatable bonds is 6. The maximum absolute atomic E-state index is 12.7. The van der Waals surface area contributed by atoms with Gasteiger partial charge in [-0.1, -0.05) is 12.1 Å². The lowest BCUT2D eigenvalue weighted by molar-refractivity contribution is 0.0472. The summed E-state index contributed by atoms with van der Waals surface area (Å²) in [5, 5.41) is 0. The van der Waals surface area contributed by atoms with Gasteiger partial charge in [-0.3, -0.25) is 0 Å². The summed E-state index contributed by atoms with van der Waals surface area (Å²) in [5.41, 5.74) is 0.999. The molecule has 1 fully saturated rings. The van der Waals surface area contributed by atoms with Crippen LogP contribution in [0.15, 0.2) is 53.4 Å². The van der Waals surface area contributed by atoms with Crippen molar-refractivity contribution in [1.29, 1.82) is 0 Å².